The Balaban J connectivity index is 1.98. The molecular formula is C19H20F3N3O2. The number of hydrogen-bond acceptors (Lipinski definition) is 3. The van der Waals surface area contributed by atoms with Crippen LogP contribution in [-0.4, -0.2) is 18.4 Å². The highest BCUT2D eigenvalue weighted by atomic mass is 19.4. The minimum Gasteiger partial charge on any atom is -0.376 e. The van der Waals surface area contributed by atoms with Crippen LogP contribution in [0.5, 0.6) is 0 Å². The molecule has 0 radical (unpaired) electrons. The van der Waals surface area contributed by atoms with Crippen molar-refractivity contribution >= 4 is 28.9 Å². The van der Waals surface area contributed by atoms with Crippen molar-refractivity contribution in [3.8, 4) is 0 Å². The van der Waals surface area contributed by atoms with Crippen molar-refractivity contribution in [1.29, 1.82) is 0 Å². The first-order valence-corrected chi connectivity index (χ1v) is 8.30. The van der Waals surface area contributed by atoms with Crippen molar-refractivity contribution in [2.75, 3.05) is 22.5 Å². The summed E-state index contributed by atoms with van der Waals surface area (Å²) in [6.07, 6.45) is -4.11. The number of alkyl halides is 3. The topological polar surface area (TPSA) is 70.2 Å². The number of anilines is 3. The van der Waals surface area contributed by atoms with Crippen molar-refractivity contribution in [2.24, 2.45) is 0 Å². The number of rotatable bonds is 6. The molecule has 0 saturated carbocycles. The van der Waals surface area contributed by atoms with Gasteiger partial charge in [-0.05, 0) is 42.8 Å². The maximum atomic E-state index is 12.7. The summed E-state index contributed by atoms with van der Waals surface area (Å²) >= 11 is 0. The molecule has 144 valence electrons. The first-order valence-electron chi connectivity index (χ1n) is 8.30. The summed E-state index contributed by atoms with van der Waals surface area (Å²) in [6, 6.07) is 9.69. The fraction of sp³-hybridized carbons (Fsp3) is 0.263. The Morgan fingerprint density at radius 3 is 2.37 bits per heavy atom. The van der Waals surface area contributed by atoms with Gasteiger partial charge < -0.3 is 16.0 Å². The summed E-state index contributed by atoms with van der Waals surface area (Å²) in [6.45, 7) is 3.35. The van der Waals surface area contributed by atoms with Gasteiger partial charge in [0.05, 0.1) is 12.1 Å². The number of benzene rings is 2. The first kappa shape index (κ1) is 20.3. The number of carbonyl (C=O) groups excluding carboxylic acids is 2. The molecule has 0 heterocycles. The molecule has 3 N–H and O–H groups in total. The zero-order valence-corrected chi connectivity index (χ0v) is 14.9. The zero-order chi connectivity index (χ0) is 20.0. The van der Waals surface area contributed by atoms with Crippen molar-refractivity contribution in [2.45, 2.75) is 26.4 Å². The monoisotopic (exact) mass is 379 g/mol. The molecular weight excluding hydrogens is 359 g/mol. The Morgan fingerprint density at radius 2 is 1.70 bits per heavy atom. The van der Waals surface area contributed by atoms with E-state index < -0.39 is 17.6 Å². The number of nitrogens with one attached hydrogen (secondary N) is 3. The van der Waals surface area contributed by atoms with Gasteiger partial charge in [0, 0.05) is 23.5 Å². The second kappa shape index (κ2) is 8.57. The molecule has 0 spiro atoms. The average molecular weight is 379 g/mol. The third kappa shape index (κ3) is 6.02. The standard InChI is InChI=1S/C19H20F3N3O2/c1-3-17(26)25-16-10-15(8-7-12(16)2)24-18(27)11-23-14-6-4-5-13(9-14)19(20,21)22/h4-10,23H,3,11H2,1-2H3,(H,24,27)(H,25,26). The smallest absolute Gasteiger partial charge is 0.376 e. The molecule has 0 aliphatic heterocycles. The summed E-state index contributed by atoms with van der Waals surface area (Å²) in [5, 5.41) is 8.04. The summed E-state index contributed by atoms with van der Waals surface area (Å²) in [5.41, 5.74) is 1.31. The Hall–Kier alpha value is -3.03. The highest BCUT2D eigenvalue weighted by molar-refractivity contribution is 5.96. The molecule has 0 unspecified atom stereocenters. The van der Waals surface area contributed by atoms with Gasteiger partial charge in [-0.1, -0.05) is 19.1 Å². The highest BCUT2D eigenvalue weighted by Crippen LogP contribution is 2.30. The van der Waals surface area contributed by atoms with Crippen LogP contribution in [0.15, 0.2) is 42.5 Å². The van der Waals surface area contributed by atoms with Crippen molar-refractivity contribution in [3.05, 3.63) is 53.6 Å². The van der Waals surface area contributed by atoms with Crippen LogP contribution in [-0.2, 0) is 15.8 Å². The first-order chi connectivity index (χ1) is 12.7. The summed E-state index contributed by atoms with van der Waals surface area (Å²) in [4.78, 5) is 23.6. The number of halogens is 3. The molecule has 5 nitrogen and oxygen atoms in total. The fourth-order valence-corrected chi connectivity index (χ4v) is 2.27. The molecule has 2 rings (SSSR count). The van der Waals surface area contributed by atoms with Gasteiger partial charge in [0.2, 0.25) is 11.8 Å². The van der Waals surface area contributed by atoms with E-state index in [1.165, 1.54) is 12.1 Å². The lowest BCUT2D eigenvalue weighted by Crippen LogP contribution is -2.22. The van der Waals surface area contributed by atoms with E-state index in [-0.39, 0.29) is 18.1 Å². The molecule has 0 bridgehead atoms. The van der Waals surface area contributed by atoms with Gasteiger partial charge in [0.15, 0.2) is 0 Å². The fourth-order valence-electron chi connectivity index (χ4n) is 2.27. The van der Waals surface area contributed by atoms with Crippen LogP contribution in [0.25, 0.3) is 0 Å². The van der Waals surface area contributed by atoms with E-state index in [9.17, 15) is 22.8 Å². The van der Waals surface area contributed by atoms with E-state index in [0.717, 1.165) is 17.7 Å². The van der Waals surface area contributed by atoms with Crippen LogP contribution in [0.1, 0.15) is 24.5 Å². The molecule has 0 atom stereocenters. The molecule has 2 aromatic carbocycles. The summed E-state index contributed by atoms with van der Waals surface area (Å²) in [5.74, 6) is -0.572. The second-order valence-corrected chi connectivity index (χ2v) is 5.91. The lowest BCUT2D eigenvalue weighted by atomic mass is 10.1. The van der Waals surface area contributed by atoms with Gasteiger partial charge in [-0.2, -0.15) is 13.2 Å². The van der Waals surface area contributed by atoms with E-state index in [2.05, 4.69) is 16.0 Å². The third-order valence-electron chi connectivity index (χ3n) is 3.76. The second-order valence-electron chi connectivity index (χ2n) is 5.91. The van der Waals surface area contributed by atoms with Gasteiger partial charge in [-0.15, -0.1) is 0 Å². The SMILES string of the molecule is CCC(=O)Nc1cc(NC(=O)CNc2cccc(C(F)(F)F)c2)ccc1C. The number of aryl methyl sites for hydroxylation is 1. The van der Waals surface area contributed by atoms with Gasteiger partial charge in [0.25, 0.3) is 0 Å². The molecule has 0 aliphatic rings. The average Bonchev–Trinajstić information content (AvgIpc) is 2.62. The van der Waals surface area contributed by atoms with E-state index >= 15 is 0 Å². The van der Waals surface area contributed by atoms with Gasteiger partial charge in [0.1, 0.15) is 0 Å². The van der Waals surface area contributed by atoms with E-state index in [0.29, 0.717) is 17.8 Å². The molecule has 0 fully saturated rings. The van der Waals surface area contributed by atoms with E-state index in [1.807, 2.05) is 6.92 Å². The third-order valence-corrected chi connectivity index (χ3v) is 3.76. The number of carbonyl (C=O) groups is 2. The van der Waals surface area contributed by atoms with Crippen molar-refractivity contribution in [3.63, 3.8) is 0 Å². The Bertz CT molecular complexity index is 835. The maximum absolute atomic E-state index is 12.7. The molecule has 0 aliphatic carbocycles. The van der Waals surface area contributed by atoms with Crippen molar-refractivity contribution < 1.29 is 22.8 Å². The normalized spacial score (nSPS) is 11.0. The van der Waals surface area contributed by atoms with E-state index in [1.54, 1.807) is 25.1 Å². The van der Waals surface area contributed by atoms with Crippen LogP contribution in [0, 0.1) is 6.92 Å². The predicted molar refractivity (Wildman–Crippen MR) is 98.7 cm³/mol. The summed E-state index contributed by atoms with van der Waals surface area (Å²) < 4.78 is 38.1. The maximum Gasteiger partial charge on any atom is 0.416 e. The lowest BCUT2D eigenvalue weighted by Gasteiger charge is -2.12. The Morgan fingerprint density at radius 1 is 0.963 bits per heavy atom. The van der Waals surface area contributed by atoms with Crippen molar-refractivity contribution in [1.82, 2.24) is 0 Å². The highest BCUT2D eigenvalue weighted by Gasteiger charge is 2.30. The number of hydrogen-bond donors (Lipinski definition) is 3. The summed E-state index contributed by atoms with van der Waals surface area (Å²) in [7, 11) is 0. The Kier molecular flexibility index (Phi) is 6.44. The minimum atomic E-state index is -4.44. The van der Waals surface area contributed by atoms with Crippen LogP contribution in [0.2, 0.25) is 0 Å². The quantitative estimate of drug-likeness (QED) is 0.696. The van der Waals surface area contributed by atoms with Gasteiger partial charge >= 0.3 is 6.18 Å². The van der Waals surface area contributed by atoms with Crippen LogP contribution < -0.4 is 16.0 Å². The molecule has 27 heavy (non-hydrogen) atoms. The molecule has 8 heteroatoms. The van der Waals surface area contributed by atoms with Crippen LogP contribution in [0.4, 0.5) is 30.2 Å². The molecule has 0 aromatic heterocycles. The van der Waals surface area contributed by atoms with Crippen LogP contribution in [0.3, 0.4) is 0 Å². The molecule has 2 aromatic rings. The van der Waals surface area contributed by atoms with Gasteiger partial charge in [-0.3, -0.25) is 9.59 Å². The lowest BCUT2D eigenvalue weighted by molar-refractivity contribution is -0.137. The van der Waals surface area contributed by atoms with Crippen LogP contribution >= 0.6 is 0 Å². The zero-order valence-electron chi connectivity index (χ0n) is 14.9. The predicted octanol–water partition coefficient (Wildman–Crippen LogP) is 4.41. The molecule has 0 saturated heterocycles. The molecule has 2 amide bonds. The minimum absolute atomic E-state index is 0.146. The Labute approximate surface area is 155 Å². The van der Waals surface area contributed by atoms with E-state index in [4.69, 9.17) is 0 Å². The van der Waals surface area contributed by atoms with Gasteiger partial charge in [-0.25, -0.2) is 0 Å². The number of amides is 2. The largest absolute Gasteiger partial charge is 0.416 e.